The second-order valence-electron chi connectivity index (χ2n) is 6.33. The summed E-state index contributed by atoms with van der Waals surface area (Å²) in [6.07, 6.45) is 1.64. The number of carbonyl (C=O) groups excluding carboxylic acids is 1. The minimum atomic E-state index is 0.00920. The number of morpholine rings is 1. The summed E-state index contributed by atoms with van der Waals surface area (Å²) >= 11 is 0. The predicted octanol–water partition coefficient (Wildman–Crippen LogP) is 4.03. The Morgan fingerprint density at radius 2 is 1.68 bits per heavy atom. The summed E-state index contributed by atoms with van der Waals surface area (Å²) < 4.78 is 5.38. The molecule has 1 heterocycles. The Morgan fingerprint density at radius 3 is 2.32 bits per heavy atom. The van der Waals surface area contributed by atoms with Crippen molar-refractivity contribution in [3.8, 4) is 0 Å². The van der Waals surface area contributed by atoms with Crippen molar-refractivity contribution < 1.29 is 9.53 Å². The van der Waals surface area contributed by atoms with Crippen molar-refractivity contribution >= 4 is 17.2 Å². The molecule has 3 rings (SSSR count). The molecule has 0 spiro atoms. The van der Waals surface area contributed by atoms with E-state index < -0.39 is 0 Å². The maximum absolute atomic E-state index is 12.3. The lowest BCUT2D eigenvalue weighted by Gasteiger charge is -2.29. The van der Waals surface area contributed by atoms with E-state index in [0.717, 1.165) is 43.3 Å². The molecule has 0 aromatic heterocycles. The van der Waals surface area contributed by atoms with E-state index in [2.05, 4.69) is 22.3 Å². The molecule has 0 amide bonds. The van der Waals surface area contributed by atoms with Crippen LogP contribution in [0.1, 0.15) is 22.8 Å². The van der Waals surface area contributed by atoms with Crippen molar-refractivity contribution in [3.63, 3.8) is 0 Å². The fourth-order valence-corrected chi connectivity index (χ4v) is 2.84. The van der Waals surface area contributed by atoms with Gasteiger partial charge in [-0.1, -0.05) is 29.8 Å². The number of anilines is 2. The fourth-order valence-electron chi connectivity index (χ4n) is 2.84. The zero-order valence-corrected chi connectivity index (χ0v) is 14.8. The molecule has 25 heavy (non-hydrogen) atoms. The number of allylic oxidation sites excluding steroid dienone is 2. The summed E-state index contributed by atoms with van der Waals surface area (Å²) in [4.78, 5) is 14.6. The molecule has 130 valence electrons. The Morgan fingerprint density at radius 1 is 1.04 bits per heavy atom. The first-order valence-corrected chi connectivity index (χ1v) is 8.61. The SMILES string of the molecule is C/C(=C/C(=O)c1ccc(C)cc1)Nc1ccc(N2CCOCC2)cc1. The molecule has 0 atom stereocenters. The standard InChI is InChI=1S/C21H24N2O2/c1-16-3-5-18(6-4-16)21(24)15-17(2)22-19-7-9-20(10-8-19)23-11-13-25-14-12-23/h3-10,15,22H,11-14H2,1-2H3/b17-15-. The van der Waals surface area contributed by atoms with Gasteiger partial charge in [0.15, 0.2) is 5.78 Å². The maximum Gasteiger partial charge on any atom is 0.187 e. The van der Waals surface area contributed by atoms with Crippen molar-refractivity contribution in [1.29, 1.82) is 0 Å². The number of rotatable bonds is 5. The summed E-state index contributed by atoms with van der Waals surface area (Å²) in [7, 11) is 0. The average molecular weight is 336 g/mol. The number of hydrogen-bond donors (Lipinski definition) is 1. The predicted molar refractivity (Wildman–Crippen MR) is 102 cm³/mol. The summed E-state index contributed by atoms with van der Waals surface area (Å²) in [5.41, 5.74) is 4.85. The van der Waals surface area contributed by atoms with E-state index in [4.69, 9.17) is 4.74 Å². The molecule has 2 aromatic carbocycles. The summed E-state index contributed by atoms with van der Waals surface area (Å²) in [5.74, 6) is 0.00920. The summed E-state index contributed by atoms with van der Waals surface area (Å²) in [5, 5.41) is 3.28. The molecule has 1 aliphatic rings. The molecule has 1 fully saturated rings. The van der Waals surface area contributed by atoms with E-state index in [1.165, 1.54) is 5.69 Å². The van der Waals surface area contributed by atoms with Crippen LogP contribution in [0.15, 0.2) is 60.3 Å². The Hall–Kier alpha value is -2.59. The fraction of sp³-hybridized carbons (Fsp3) is 0.286. The first-order valence-electron chi connectivity index (χ1n) is 8.61. The lowest BCUT2D eigenvalue weighted by atomic mass is 10.1. The van der Waals surface area contributed by atoms with Gasteiger partial charge in [-0.2, -0.15) is 0 Å². The van der Waals surface area contributed by atoms with E-state index in [0.29, 0.717) is 5.56 Å². The second-order valence-corrected chi connectivity index (χ2v) is 6.33. The molecule has 2 aromatic rings. The zero-order valence-electron chi connectivity index (χ0n) is 14.8. The van der Waals surface area contributed by atoms with E-state index >= 15 is 0 Å². The van der Waals surface area contributed by atoms with Gasteiger partial charge in [-0.25, -0.2) is 0 Å². The van der Waals surface area contributed by atoms with Crippen molar-refractivity contribution in [2.24, 2.45) is 0 Å². The number of hydrogen-bond acceptors (Lipinski definition) is 4. The first kappa shape index (κ1) is 17.2. The third-order valence-electron chi connectivity index (χ3n) is 4.27. The second kappa shape index (κ2) is 7.99. The third-order valence-corrected chi connectivity index (χ3v) is 4.27. The van der Waals surface area contributed by atoms with Crippen molar-refractivity contribution in [3.05, 3.63) is 71.4 Å². The molecule has 0 radical (unpaired) electrons. The molecular weight excluding hydrogens is 312 g/mol. The summed E-state index contributed by atoms with van der Waals surface area (Å²) in [6.45, 7) is 7.33. The number of nitrogens with one attached hydrogen (secondary N) is 1. The molecule has 0 aliphatic carbocycles. The van der Waals surface area contributed by atoms with Gasteiger partial charge >= 0.3 is 0 Å². The molecule has 0 unspecified atom stereocenters. The quantitative estimate of drug-likeness (QED) is 0.661. The van der Waals surface area contributed by atoms with Crippen LogP contribution in [0.2, 0.25) is 0 Å². The largest absolute Gasteiger partial charge is 0.378 e. The van der Waals surface area contributed by atoms with Gasteiger partial charge in [0.05, 0.1) is 13.2 Å². The van der Waals surface area contributed by atoms with E-state index in [1.54, 1.807) is 6.08 Å². The van der Waals surface area contributed by atoms with Crippen LogP contribution in [0, 0.1) is 6.92 Å². The van der Waals surface area contributed by atoms with Gasteiger partial charge < -0.3 is 15.0 Å². The third kappa shape index (κ3) is 4.70. The van der Waals surface area contributed by atoms with E-state index in [9.17, 15) is 4.79 Å². The number of ether oxygens (including phenoxy) is 1. The monoisotopic (exact) mass is 336 g/mol. The number of benzene rings is 2. The van der Waals surface area contributed by atoms with Gasteiger partial charge in [0.2, 0.25) is 0 Å². The first-order chi connectivity index (χ1) is 12.1. The highest BCUT2D eigenvalue weighted by Gasteiger charge is 2.10. The average Bonchev–Trinajstić information content (AvgIpc) is 2.63. The number of nitrogens with zero attached hydrogens (tertiary/aromatic N) is 1. The van der Waals surface area contributed by atoms with Crippen molar-refractivity contribution in [2.45, 2.75) is 13.8 Å². The van der Waals surface area contributed by atoms with Crippen LogP contribution in [0.5, 0.6) is 0 Å². The molecular formula is C21H24N2O2. The molecule has 0 bridgehead atoms. The zero-order chi connectivity index (χ0) is 17.6. The Labute approximate surface area is 149 Å². The number of ketones is 1. The molecule has 1 aliphatic heterocycles. The van der Waals surface area contributed by atoms with Crippen molar-refractivity contribution in [2.75, 3.05) is 36.5 Å². The van der Waals surface area contributed by atoms with Gasteiger partial charge in [-0.3, -0.25) is 4.79 Å². The Bertz CT molecular complexity index is 742. The normalized spacial score (nSPS) is 15.1. The minimum Gasteiger partial charge on any atom is -0.378 e. The molecule has 4 nitrogen and oxygen atoms in total. The minimum absolute atomic E-state index is 0.00920. The van der Waals surface area contributed by atoms with E-state index in [-0.39, 0.29) is 5.78 Å². The lowest BCUT2D eigenvalue weighted by Crippen LogP contribution is -2.36. The highest BCUT2D eigenvalue weighted by molar-refractivity contribution is 6.05. The van der Waals surface area contributed by atoms with E-state index in [1.807, 2.05) is 50.2 Å². The number of aryl methyl sites for hydroxylation is 1. The van der Waals surface area contributed by atoms with Gasteiger partial charge in [-0.15, -0.1) is 0 Å². The highest BCUT2D eigenvalue weighted by Crippen LogP contribution is 2.20. The molecule has 1 N–H and O–H groups in total. The van der Waals surface area contributed by atoms with Crippen LogP contribution in [0.4, 0.5) is 11.4 Å². The molecule has 4 heteroatoms. The Kier molecular flexibility index (Phi) is 5.51. The van der Waals surface area contributed by atoms with Gasteiger partial charge in [0, 0.05) is 41.8 Å². The van der Waals surface area contributed by atoms with Gasteiger partial charge in [0.25, 0.3) is 0 Å². The lowest BCUT2D eigenvalue weighted by molar-refractivity contribution is 0.104. The van der Waals surface area contributed by atoms with Crippen LogP contribution in [0.25, 0.3) is 0 Å². The van der Waals surface area contributed by atoms with Crippen LogP contribution in [0.3, 0.4) is 0 Å². The summed E-state index contributed by atoms with van der Waals surface area (Å²) in [6, 6.07) is 15.9. The van der Waals surface area contributed by atoms with Gasteiger partial charge in [-0.05, 0) is 38.1 Å². The van der Waals surface area contributed by atoms with Crippen molar-refractivity contribution in [1.82, 2.24) is 0 Å². The van der Waals surface area contributed by atoms with Gasteiger partial charge in [0.1, 0.15) is 0 Å². The highest BCUT2D eigenvalue weighted by atomic mass is 16.5. The Balaban J connectivity index is 1.62. The number of carbonyl (C=O) groups is 1. The maximum atomic E-state index is 12.3. The topological polar surface area (TPSA) is 41.6 Å². The van der Waals surface area contributed by atoms with Crippen LogP contribution in [-0.4, -0.2) is 32.1 Å². The molecule has 0 saturated carbocycles. The molecule has 1 saturated heterocycles. The van der Waals surface area contributed by atoms with Crippen LogP contribution < -0.4 is 10.2 Å². The van der Waals surface area contributed by atoms with Crippen LogP contribution in [-0.2, 0) is 4.74 Å². The smallest absolute Gasteiger partial charge is 0.187 e. The van der Waals surface area contributed by atoms with Crippen LogP contribution >= 0.6 is 0 Å².